The summed E-state index contributed by atoms with van der Waals surface area (Å²) in [7, 11) is 0. The van der Waals surface area contributed by atoms with Gasteiger partial charge in [-0.1, -0.05) is 12.1 Å². The lowest BCUT2D eigenvalue weighted by Crippen LogP contribution is -2.46. The summed E-state index contributed by atoms with van der Waals surface area (Å²) in [5.41, 5.74) is 2.95. The minimum atomic E-state index is -4.70. The van der Waals surface area contributed by atoms with Crippen LogP contribution >= 0.6 is 0 Å². The standard InChI is InChI=1S/C24H23F3N2O3/c25-24(26,27)32-23-9-1-18(2-10-23)17-31-22-11-5-20(6-12-22)29-15-13-28(14-16-29)19-3-7-21(30)8-4-19/h1-12,30H,13-17H2. The van der Waals surface area contributed by atoms with E-state index >= 15 is 0 Å². The summed E-state index contributed by atoms with van der Waals surface area (Å²) in [6, 6.07) is 20.7. The molecule has 3 aromatic rings. The molecular formula is C24H23F3N2O3. The fourth-order valence-electron chi connectivity index (χ4n) is 3.59. The van der Waals surface area contributed by atoms with E-state index in [1.54, 1.807) is 24.3 Å². The Morgan fingerprint density at radius 2 is 1.16 bits per heavy atom. The molecule has 1 aliphatic rings. The molecule has 5 nitrogen and oxygen atoms in total. The zero-order valence-corrected chi connectivity index (χ0v) is 17.3. The summed E-state index contributed by atoms with van der Waals surface area (Å²) in [5.74, 6) is 0.699. The van der Waals surface area contributed by atoms with Crippen molar-refractivity contribution < 1.29 is 27.8 Å². The summed E-state index contributed by atoms with van der Waals surface area (Å²) in [6.07, 6.45) is -4.70. The Labute approximate surface area is 184 Å². The van der Waals surface area contributed by atoms with E-state index in [2.05, 4.69) is 14.5 Å². The van der Waals surface area contributed by atoms with Crippen LogP contribution in [0, 0.1) is 0 Å². The van der Waals surface area contributed by atoms with Crippen LogP contribution in [-0.2, 0) is 6.61 Å². The van der Waals surface area contributed by atoms with E-state index < -0.39 is 6.36 Å². The number of rotatable bonds is 6. The molecular weight excluding hydrogens is 421 g/mol. The predicted molar refractivity (Wildman–Crippen MR) is 116 cm³/mol. The molecule has 32 heavy (non-hydrogen) atoms. The molecule has 0 aliphatic carbocycles. The zero-order valence-electron chi connectivity index (χ0n) is 17.3. The molecule has 0 saturated carbocycles. The van der Waals surface area contributed by atoms with Crippen molar-refractivity contribution in [2.45, 2.75) is 13.0 Å². The second-order valence-electron chi connectivity index (χ2n) is 7.46. The molecule has 4 rings (SSSR count). The van der Waals surface area contributed by atoms with Gasteiger partial charge in [0.25, 0.3) is 0 Å². The van der Waals surface area contributed by atoms with Crippen LogP contribution in [-0.4, -0.2) is 37.6 Å². The van der Waals surface area contributed by atoms with E-state index in [0.29, 0.717) is 5.75 Å². The Morgan fingerprint density at radius 3 is 1.66 bits per heavy atom. The smallest absolute Gasteiger partial charge is 0.508 e. The molecule has 0 atom stereocenters. The number of halogens is 3. The van der Waals surface area contributed by atoms with E-state index in [4.69, 9.17) is 4.74 Å². The lowest BCUT2D eigenvalue weighted by atomic mass is 10.2. The number of piperazine rings is 1. The second kappa shape index (κ2) is 9.30. The minimum Gasteiger partial charge on any atom is -0.508 e. The van der Waals surface area contributed by atoms with Gasteiger partial charge in [-0.25, -0.2) is 0 Å². The first-order chi connectivity index (χ1) is 15.4. The molecule has 1 saturated heterocycles. The summed E-state index contributed by atoms with van der Waals surface area (Å²) < 4.78 is 46.3. The fraction of sp³-hybridized carbons (Fsp3) is 0.250. The molecule has 168 valence electrons. The molecule has 1 aliphatic heterocycles. The molecule has 0 amide bonds. The summed E-state index contributed by atoms with van der Waals surface area (Å²) >= 11 is 0. The van der Waals surface area contributed by atoms with Crippen LogP contribution in [0.25, 0.3) is 0 Å². The Bertz CT molecular complexity index is 999. The zero-order chi connectivity index (χ0) is 22.6. The SMILES string of the molecule is Oc1ccc(N2CCN(c3ccc(OCc4ccc(OC(F)(F)F)cc4)cc3)CC2)cc1. The van der Waals surface area contributed by atoms with Crippen LogP contribution in [0.1, 0.15) is 5.56 Å². The Hall–Kier alpha value is -3.55. The Morgan fingerprint density at radius 1 is 0.688 bits per heavy atom. The number of aromatic hydroxyl groups is 1. The fourth-order valence-corrected chi connectivity index (χ4v) is 3.59. The van der Waals surface area contributed by atoms with Gasteiger partial charge in [-0.2, -0.15) is 0 Å². The summed E-state index contributed by atoms with van der Waals surface area (Å²) in [6.45, 7) is 3.78. The Balaban J connectivity index is 1.27. The highest BCUT2D eigenvalue weighted by molar-refractivity contribution is 5.53. The summed E-state index contributed by atoms with van der Waals surface area (Å²) in [5, 5.41) is 9.44. The maximum absolute atomic E-state index is 12.2. The van der Waals surface area contributed by atoms with Gasteiger partial charge in [0.2, 0.25) is 0 Å². The monoisotopic (exact) mass is 444 g/mol. The molecule has 1 N–H and O–H groups in total. The van der Waals surface area contributed by atoms with Crippen molar-refractivity contribution in [1.82, 2.24) is 0 Å². The first-order valence-electron chi connectivity index (χ1n) is 10.2. The minimum absolute atomic E-state index is 0.247. The van der Waals surface area contributed by atoms with Gasteiger partial charge in [-0.3, -0.25) is 0 Å². The molecule has 0 aromatic heterocycles. The van der Waals surface area contributed by atoms with Crippen molar-refractivity contribution in [2.75, 3.05) is 36.0 Å². The third-order valence-corrected chi connectivity index (χ3v) is 5.26. The highest BCUT2D eigenvalue weighted by atomic mass is 19.4. The third-order valence-electron chi connectivity index (χ3n) is 5.26. The van der Waals surface area contributed by atoms with E-state index in [-0.39, 0.29) is 18.1 Å². The van der Waals surface area contributed by atoms with Crippen LogP contribution < -0.4 is 19.3 Å². The van der Waals surface area contributed by atoms with E-state index in [1.165, 1.54) is 12.1 Å². The van der Waals surface area contributed by atoms with Gasteiger partial charge < -0.3 is 24.4 Å². The van der Waals surface area contributed by atoms with Gasteiger partial charge in [0.1, 0.15) is 23.9 Å². The molecule has 1 heterocycles. The number of ether oxygens (including phenoxy) is 2. The maximum atomic E-state index is 12.2. The third kappa shape index (κ3) is 5.78. The highest BCUT2D eigenvalue weighted by Crippen LogP contribution is 2.25. The molecule has 0 unspecified atom stereocenters. The maximum Gasteiger partial charge on any atom is 0.573 e. The lowest BCUT2D eigenvalue weighted by Gasteiger charge is -2.37. The molecule has 8 heteroatoms. The van der Waals surface area contributed by atoms with Crippen LogP contribution in [0.4, 0.5) is 24.5 Å². The van der Waals surface area contributed by atoms with Gasteiger partial charge in [-0.05, 0) is 66.2 Å². The first-order valence-corrected chi connectivity index (χ1v) is 10.2. The number of alkyl halides is 3. The van der Waals surface area contributed by atoms with Crippen LogP contribution in [0.5, 0.6) is 17.2 Å². The average Bonchev–Trinajstić information content (AvgIpc) is 2.79. The highest BCUT2D eigenvalue weighted by Gasteiger charge is 2.30. The molecule has 0 radical (unpaired) electrons. The number of phenolic OH excluding ortho intramolecular Hbond substituents is 1. The topological polar surface area (TPSA) is 45.2 Å². The van der Waals surface area contributed by atoms with Gasteiger partial charge >= 0.3 is 6.36 Å². The number of benzene rings is 3. The van der Waals surface area contributed by atoms with Crippen molar-refractivity contribution in [3.05, 3.63) is 78.4 Å². The van der Waals surface area contributed by atoms with Crippen LogP contribution in [0.2, 0.25) is 0 Å². The number of nitrogens with zero attached hydrogens (tertiary/aromatic N) is 2. The van der Waals surface area contributed by atoms with Crippen LogP contribution in [0.3, 0.4) is 0 Å². The molecule has 0 spiro atoms. The average molecular weight is 444 g/mol. The normalized spacial score (nSPS) is 14.3. The molecule has 1 fully saturated rings. The number of hydrogen-bond donors (Lipinski definition) is 1. The van der Waals surface area contributed by atoms with Crippen molar-refractivity contribution >= 4 is 11.4 Å². The number of hydrogen-bond acceptors (Lipinski definition) is 5. The summed E-state index contributed by atoms with van der Waals surface area (Å²) in [4.78, 5) is 4.60. The molecule has 3 aromatic carbocycles. The second-order valence-corrected chi connectivity index (χ2v) is 7.46. The molecule has 0 bridgehead atoms. The van der Waals surface area contributed by atoms with Crippen molar-refractivity contribution in [3.63, 3.8) is 0 Å². The Kier molecular flexibility index (Phi) is 6.30. The number of anilines is 2. The predicted octanol–water partition coefficient (Wildman–Crippen LogP) is 5.20. The largest absolute Gasteiger partial charge is 0.573 e. The van der Waals surface area contributed by atoms with Crippen molar-refractivity contribution in [2.24, 2.45) is 0 Å². The van der Waals surface area contributed by atoms with Crippen molar-refractivity contribution in [3.8, 4) is 17.2 Å². The van der Waals surface area contributed by atoms with E-state index in [0.717, 1.165) is 43.1 Å². The first kappa shape index (κ1) is 21.7. The van der Waals surface area contributed by atoms with Gasteiger partial charge in [0.15, 0.2) is 0 Å². The van der Waals surface area contributed by atoms with E-state index in [1.807, 2.05) is 36.4 Å². The quantitative estimate of drug-likeness (QED) is 0.567. The van der Waals surface area contributed by atoms with E-state index in [9.17, 15) is 18.3 Å². The lowest BCUT2D eigenvalue weighted by molar-refractivity contribution is -0.274. The van der Waals surface area contributed by atoms with Crippen molar-refractivity contribution in [1.29, 1.82) is 0 Å². The van der Waals surface area contributed by atoms with Gasteiger partial charge in [0, 0.05) is 37.6 Å². The van der Waals surface area contributed by atoms with Crippen LogP contribution in [0.15, 0.2) is 72.8 Å². The van der Waals surface area contributed by atoms with Gasteiger partial charge in [-0.15, -0.1) is 13.2 Å². The number of phenols is 1. The van der Waals surface area contributed by atoms with Gasteiger partial charge in [0.05, 0.1) is 0 Å².